The van der Waals surface area contributed by atoms with Crippen LogP contribution in [0.1, 0.15) is 9.88 Å². The number of aryl methyl sites for hydroxylation is 1. The summed E-state index contributed by atoms with van der Waals surface area (Å²) in [6, 6.07) is 5.46. The molecule has 2 rings (SSSR count). The smallest absolute Gasteiger partial charge is 0.0904 e. The highest BCUT2D eigenvalue weighted by Gasteiger charge is 2.12. The summed E-state index contributed by atoms with van der Waals surface area (Å²) in [5, 5.41) is 11.1. The van der Waals surface area contributed by atoms with Gasteiger partial charge in [-0.15, -0.1) is 11.3 Å². The maximum absolute atomic E-state index is 9.03. The van der Waals surface area contributed by atoms with Crippen LogP contribution in [-0.2, 0) is 6.42 Å². The van der Waals surface area contributed by atoms with E-state index in [0.29, 0.717) is 16.5 Å². The topological polar surface area (TPSA) is 33.1 Å². The van der Waals surface area contributed by atoms with Crippen LogP contribution in [-0.4, -0.2) is 16.7 Å². The van der Waals surface area contributed by atoms with Crippen molar-refractivity contribution in [3.8, 4) is 11.3 Å². The summed E-state index contributed by atoms with van der Waals surface area (Å²) in [6.07, 6.45) is 0.612. The SMILES string of the molecule is Cc1nc(-c2ccc(Cl)c(Cl)c2)c(CCO)s1. The van der Waals surface area contributed by atoms with Crippen LogP contribution in [0.3, 0.4) is 0 Å². The van der Waals surface area contributed by atoms with E-state index in [-0.39, 0.29) is 6.61 Å². The average molecular weight is 288 g/mol. The second kappa shape index (κ2) is 5.36. The number of halogens is 2. The van der Waals surface area contributed by atoms with Gasteiger partial charge in [-0.1, -0.05) is 29.3 Å². The van der Waals surface area contributed by atoms with E-state index in [0.717, 1.165) is 21.1 Å². The van der Waals surface area contributed by atoms with Gasteiger partial charge in [-0.2, -0.15) is 0 Å². The first-order chi connectivity index (χ1) is 8.11. The monoisotopic (exact) mass is 287 g/mol. The Balaban J connectivity index is 2.47. The lowest BCUT2D eigenvalue weighted by Crippen LogP contribution is -1.90. The van der Waals surface area contributed by atoms with Crippen molar-refractivity contribution in [2.24, 2.45) is 0 Å². The summed E-state index contributed by atoms with van der Waals surface area (Å²) in [5.41, 5.74) is 1.83. The zero-order valence-corrected chi connectivity index (χ0v) is 11.5. The van der Waals surface area contributed by atoms with Gasteiger partial charge in [0.2, 0.25) is 0 Å². The molecule has 2 aromatic rings. The Hall–Kier alpha value is -0.610. The van der Waals surface area contributed by atoms with Gasteiger partial charge in [0.25, 0.3) is 0 Å². The molecule has 5 heteroatoms. The summed E-state index contributed by atoms with van der Waals surface area (Å²) in [7, 11) is 0. The fourth-order valence-corrected chi connectivity index (χ4v) is 2.85. The molecule has 17 heavy (non-hydrogen) atoms. The molecule has 0 amide bonds. The standard InChI is InChI=1S/C12H11Cl2NOS/c1-7-15-12(11(17-7)4-5-16)8-2-3-9(13)10(14)6-8/h2-3,6,16H,4-5H2,1H3. The molecule has 0 atom stereocenters. The molecule has 1 aromatic heterocycles. The van der Waals surface area contributed by atoms with Gasteiger partial charge in [0.1, 0.15) is 0 Å². The lowest BCUT2D eigenvalue weighted by Gasteiger charge is -2.03. The minimum Gasteiger partial charge on any atom is -0.396 e. The van der Waals surface area contributed by atoms with Gasteiger partial charge in [-0.25, -0.2) is 4.98 Å². The predicted octanol–water partition coefficient (Wildman–Crippen LogP) is 3.96. The van der Waals surface area contributed by atoms with Gasteiger partial charge in [-0.3, -0.25) is 0 Å². The summed E-state index contributed by atoms with van der Waals surface area (Å²) in [5.74, 6) is 0. The Morgan fingerprint density at radius 1 is 1.29 bits per heavy atom. The van der Waals surface area contributed by atoms with Crippen molar-refractivity contribution in [3.05, 3.63) is 38.1 Å². The number of nitrogens with zero attached hydrogens (tertiary/aromatic N) is 1. The van der Waals surface area contributed by atoms with E-state index in [4.69, 9.17) is 28.3 Å². The Labute approximate surface area is 114 Å². The van der Waals surface area contributed by atoms with Crippen molar-refractivity contribution >= 4 is 34.5 Å². The number of hydrogen-bond acceptors (Lipinski definition) is 3. The first-order valence-electron chi connectivity index (χ1n) is 5.14. The highest BCUT2D eigenvalue weighted by Crippen LogP contribution is 2.32. The quantitative estimate of drug-likeness (QED) is 0.927. The van der Waals surface area contributed by atoms with Gasteiger partial charge in [0, 0.05) is 23.5 Å². The molecule has 0 spiro atoms. The largest absolute Gasteiger partial charge is 0.396 e. The number of aromatic nitrogens is 1. The Morgan fingerprint density at radius 3 is 2.71 bits per heavy atom. The van der Waals surface area contributed by atoms with Gasteiger partial charge < -0.3 is 5.11 Å². The molecule has 0 bridgehead atoms. The average Bonchev–Trinajstić information content (AvgIpc) is 2.64. The number of benzene rings is 1. The summed E-state index contributed by atoms with van der Waals surface area (Å²) >= 11 is 13.5. The Morgan fingerprint density at radius 2 is 2.06 bits per heavy atom. The van der Waals surface area contributed by atoms with Crippen LogP contribution in [0.25, 0.3) is 11.3 Å². The Bertz CT molecular complexity index is 539. The van der Waals surface area contributed by atoms with E-state index in [1.54, 1.807) is 23.5 Å². The zero-order valence-electron chi connectivity index (χ0n) is 9.20. The maximum Gasteiger partial charge on any atom is 0.0904 e. The lowest BCUT2D eigenvalue weighted by molar-refractivity contribution is 0.300. The molecule has 0 radical (unpaired) electrons. The van der Waals surface area contributed by atoms with Crippen molar-refractivity contribution in [1.29, 1.82) is 0 Å². The fourth-order valence-electron chi connectivity index (χ4n) is 1.61. The van der Waals surface area contributed by atoms with Crippen LogP contribution >= 0.6 is 34.5 Å². The lowest BCUT2D eigenvalue weighted by atomic mass is 10.1. The van der Waals surface area contributed by atoms with E-state index in [1.165, 1.54) is 0 Å². The highest BCUT2D eigenvalue weighted by atomic mass is 35.5. The van der Waals surface area contributed by atoms with Crippen LogP contribution in [0.15, 0.2) is 18.2 Å². The first kappa shape index (κ1) is 12.8. The van der Waals surface area contributed by atoms with Crippen molar-refractivity contribution in [3.63, 3.8) is 0 Å². The first-order valence-corrected chi connectivity index (χ1v) is 6.71. The molecule has 0 aliphatic rings. The number of aliphatic hydroxyl groups excluding tert-OH is 1. The summed E-state index contributed by atoms with van der Waals surface area (Å²) < 4.78 is 0. The molecule has 1 heterocycles. The van der Waals surface area contributed by atoms with Crippen molar-refractivity contribution in [2.75, 3.05) is 6.61 Å². The molecule has 0 fully saturated rings. The normalized spacial score (nSPS) is 10.8. The molecule has 90 valence electrons. The van der Waals surface area contributed by atoms with E-state index in [1.807, 2.05) is 13.0 Å². The molecule has 0 unspecified atom stereocenters. The molecule has 0 aliphatic carbocycles. The van der Waals surface area contributed by atoms with E-state index in [2.05, 4.69) is 4.98 Å². The van der Waals surface area contributed by atoms with Crippen molar-refractivity contribution in [1.82, 2.24) is 4.98 Å². The number of aliphatic hydroxyl groups is 1. The van der Waals surface area contributed by atoms with E-state index < -0.39 is 0 Å². The third kappa shape index (κ3) is 2.80. The van der Waals surface area contributed by atoms with Crippen LogP contribution in [0.2, 0.25) is 10.0 Å². The van der Waals surface area contributed by atoms with Crippen molar-refractivity contribution in [2.45, 2.75) is 13.3 Å². The molecule has 2 nitrogen and oxygen atoms in total. The number of hydrogen-bond donors (Lipinski definition) is 1. The summed E-state index contributed by atoms with van der Waals surface area (Å²) in [4.78, 5) is 5.55. The van der Waals surface area contributed by atoms with Gasteiger partial charge in [0.05, 0.1) is 20.7 Å². The molecule has 0 aliphatic heterocycles. The van der Waals surface area contributed by atoms with Crippen LogP contribution < -0.4 is 0 Å². The van der Waals surface area contributed by atoms with Crippen LogP contribution in [0.4, 0.5) is 0 Å². The van der Waals surface area contributed by atoms with Gasteiger partial charge in [0.15, 0.2) is 0 Å². The van der Waals surface area contributed by atoms with Crippen LogP contribution in [0, 0.1) is 6.92 Å². The molecule has 1 aromatic carbocycles. The van der Waals surface area contributed by atoms with E-state index in [9.17, 15) is 0 Å². The van der Waals surface area contributed by atoms with Gasteiger partial charge >= 0.3 is 0 Å². The molecule has 1 N–H and O–H groups in total. The van der Waals surface area contributed by atoms with Gasteiger partial charge in [-0.05, 0) is 19.1 Å². The third-order valence-corrected chi connectivity index (χ3v) is 4.11. The van der Waals surface area contributed by atoms with Crippen molar-refractivity contribution < 1.29 is 5.11 Å². The molecule has 0 saturated heterocycles. The third-order valence-electron chi connectivity index (χ3n) is 2.34. The van der Waals surface area contributed by atoms with Crippen LogP contribution in [0.5, 0.6) is 0 Å². The maximum atomic E-state index is 9.03. The number of rotatable bonds is 3. The molecule has 0 saturated carbocycles. The summed E-state index contributed by atoms with van der Waals surface area (Å²) in [6.45, 7) is 2.07. The Kier molecular flexibility index (Phi) is 4.05. The molecular weight excluding hydrogens is 277 g/mol. The highest BCUT2D eigenvalue weighted by molar-refractivity contribution is 7.12. The minimum absolute atomic E-state index is 0.121. The predicted molar refractivity (Wildman–Crippen MR) is 73.1 cm³/mol. The molecular formula is C12H11Cl2NOS. The van der Waals surface area contributed by atoms with E-state index >= 15 is 0 Å². The fraction of sp³-hybridized carbons (Fsp3) is 0.250. The second-order valence-electron chi connectivity index (χ2n) is 3.61. The number of thiazole rings is 1. The minimum atomic E-state index is 0.121. The zero-order chi connectivity index (χ0) is 12.4. The second-order valence-corrected chi connectivity index (χ2v) is 5.71.